The van der Waals surface area contributed by atoms with E-state index < -0.39 is 0 Å². The predicted molar refractivity (Wildman–Crippen MR) is 51.5 cm³/mol. The van der Waals surface area contributed by atoms with Crippen molar-refractivity contribution < 1.29 is 9.15 Å². The van der Waals surface area contributed by atoms with Crippen LogP contribution >= 0.6 is 0 Å². The first-order valence-electron chi connectivity index (χ1n) is 4.36. The van der Waals surface area contributed by atoms with Gasteiger partial charge in [-0.15, -0.1) is 0 Å². The first kappa shape index (κ1) is 10.3. The molecule has 0 unspecified atom stereocenters. The van der Waals surface area contributed by atoms with Crippen molar-refractivity contribution >= 4 is 0 Å². The predicted octanol–water partition coefficient (Wildman–Crippen LogP) is 1.88. The van der Waals surface area contributed by atoms with Crippen LogP contribution in [0.2, 0.25) is 0 Å². The molecule has 1 aromatic heterocycles. The third kappa shape index (κ3) is 2.11. The molecular formula is C10H17NO2. The second-order valence-electron chi connectivity index (χ2n) is 3.58. The van der Waals surface area contributed by atoms with Crippen LogP contribution in [0, 0.1) is 0 Å². The van der Waals surface area contributed by atoms with Crippen molar-refractivity contribution in [3.05, 3.63) is 23.7 Å². The molecule has 0 bridgehead atoms. The summed E-state index contributed by atoms with van der Waals surface area (Å²) in [6.45, 7) is 4.74. The van der Waals surface area contributed by atoms with Crippen LogP contribution in [0.15, 0.2) is 16.7 Å². The third-order valence-electron chi connectivity index (χ3n) is 2.24. The fraction of sp³-hybridized carbons (Fsp3) is 0.600. The standard InChI is InChI=1S/C10H17NO2/c1-10(2,11-3)9-8(7-12-4)5-6-13-9/h5-6,11H,7H2,1-4H3. The molecule has 0 fully saturated rings. The molecule has 3 heteroatoms. The van der Waals surface area contributed by atoms with Gasteiger partial charge in [0.05, 0.1) is 18.4 Å². The highest BCUT2D eigenvalue weighted by Crippen LogP contribution is 2.24. The summed E-state index contributed by atoms with van der Waals surface area (Å²) in [7, 11) is 3.60. The molecule has 3 nitrogen and oxygen atoms in total. The number of hydrogen-bond acceptors (Lipinski definition) is 3. The first-order valence-corrected chi connectivity index (χ1v) is 4.36. The molecule has 0 saturated carbocycles. The summed E-state index contributed by atoms with van der Waals surface area (Å²) in [5, 5.41) is 3.19. The van der Waals surface area contributed by atoms with Gasteiger partial charge in [-0.25, -0.2) is 0 Å². The Labute approximate surface area is 79.1 Å². The van der Waals surface area contributed by atoms with Crippen molar-refractivity contribution in [2.75, 3.05) is 14.2 Å². The van der Waals surface area contributed by atoms with E-state index in [4.69, 9.17) is 9.15 Å². The molecule has 74 valence electrons. The van der Waals surface area contributed by atoms with E-state index in [1.807, 2.05) is 13.1 Å². The molecule has 0 atom stereocenters. The summed E-state index contributed by atoms with van der Waals surface area (Å²) < 4.78 is 10.5. The zero-order valence-corrected chi connectivity index (χ0v) is 8.68. The SMILES string of the molecule is CNC(C)(C)c1occc1COC. The van der Waals surface area contributed by atoms with Crippen LogP contribution in [0.3, 0.4) is 0 Å². The van der Waals surface area contributed by atoms with Crippen LogP contribution in [-0.2, 0) is 16.9 Å². The summed E-state index contributed by atoms with van der Waals surface area (Å²) in [5.41, 5.74) is 0.957. The summed E-state index contributed by atoms with van der Waals surface area (Å²) in [5.74, 6) is 0.942. The lowest BCUT2D eigenvalue weighted by Crippen LogP contribution is -2.33. The van der Waals surface area contributed by atoms with E-state index >= 15 is 0 Å². The summed E-state index contributed by atoms with van der Waals surface area (Å²) >= 11 is 0. The van der Waals surface area contributed by atoms with E-state index in [2.05, 4.69) is 19.2 Å². The van der Waals surface area contributed by atoms with E-state index in [-0.39, 0.29) is 5.54 Å². The summed E-state index contributed by atoms with van der Waals surface area (Å²) in [6, 6.07) is 1.94. The molecule has 13 heavy (non-hydrogen) atoms. The maximum absolute atomic E-state index is 5.43. The summed E-state index contributed by atoms with van der Waals surface area (Å²) in [6.07, 6.45) is 1.70. The van der Waals surface area contributed by atoms with Crippen molar-refractivity contribution in [3.63, 3.8) is 0 Å². The molecule has 0 aromatic carbocycles. The smallest absolute Gasteiger partial charge is 0.128 e. The Morgan fingerprint density at radius 3 is 2.77 bits per heavy atom. The molecule has 0 spiro atoms. The molecule has 0 saturated heterocycles. The minimum absolute atomic E-state index is 0.142. The van der Waals surface area contributed by atoms with Crippen molar-refractivity contribution in [2.24, 2.45) is 0 Å². The number of furan rings is 1. The van der Waals surface area contributed by atoms with Crippen LogP contribution in [0.1, 0.15) is 25.2 Å². The van der Waals surface area contributed by atoms with Gasteiger partial charge in [0.1, 0.15) is 5.76 Å². The molecule has 0 aliphatic carbocycles. The fourth-order valence-electron chi connectivity index (χ4n) is 1.27. The molecule has 0 aliphatic rings. The van der Waals surface area contributed by atoms with Crippen molar-refractivity contribution in [1.29, 1.82) is 0 Å². The van der Waals surface area contributed by atoms with Gasteiger partial charge < -0.3 is 14.5 Å². The van der Waals surface area contributed by atoms with Crippen molar-refractivity contribution in [3.8, 4) is 0 Å². The highest BCUT2D eigenvalue weighted by Gasteiger charge is 2.24. The van der Waals surface area contributed by atoms with E-state index in [1.54, 1.807) is 13.4 Å². The Morgan fingerprint density at radius 2 is 2.23 bits per heavy atom. The molecule has 1 N–H and O–H groups in total. The van der Waals surface area contributed by atoms with Crippen LogP contribution in [0.5, 0.6) is 0 Å². The largest absolute Gasteiger partial charge is 0.467 e. The lowest BCUT2D eigenvalue weighted by Gasteiger charge is -2.22. The quantitative estimate of drug-likeness (QED) is 0.774. The number of rotatable bonds is 4. The molecule has 0 radical (unpaired) electrons. The number of hydrogen-bond donors (Lipinski definition) is 1. The van der Waals surface area contributed by atoms with Crippen molar-refractivity contribution in [1.82, 2.24) is 5.32 Å². The number of ether oxygens (including phenoxy) is 1. The van der Waals surface area contributed by atoms with Gasteiger partial charge in [0.25, 0.3) is 0 Å². The van der Waals surface area contributed by atoms with E-state index in [9.17, 15) is 0 Å². The lowest BCUT2D eigenvalue weighted by molar-refractivity contribution is 0.179. The normalized spacial score (nSPS) is 12.0. The van der Waals surface area contributed by atoms with Crippen LogP contribution in [0.4, 0.5) is 0 Å². The second-order valence-corrected chi connectivity index (χ2v) is 3.58. The van der Waals surface area contributed by atoms with Gasteiger partial charge in [0.2, 0.25) is 0 Å². The molecule has 1 rings (SSSR count). The zero-order valence-electron chi connectivity index (χ0n) is 8.68. The van der Waals surface area contributed by atoms with Gasteiger partial charge in [0, 0.05) is 12.7 Å². The lowest BCUT2D eigenvalue weighted by atomic mass is 9.99. The van der Waals surface area contributed by atoms with Crippen LogP contribution < -0.4 is 5.32 Å². The summed E-state index contributed by atoms with van der Waals surface area (Å²) in [4.78, 5) is 0. The molecule has 0 amide bonds. The molecule has 1 heterocycles. The third-order valence-corrected chi connectivity index (χ3v) is 2.24. The monoisotopic (exact) mass is 183 g/mol. The van der Waals surface area contributed by atoms with Gasteiger partial charge in [-0.1, -0.05) is 0 Å². The van der Waals surface area contributed by atoms with Gasteiger partial charge in [-0.3, -0.25) is 0 Å². The number of nitrogens with one attached hydrogen (secondary N) is 1. The molecular weight excluding hydrogens is 166 g/mol. The van der Waals surface area contributed by atoms with E-state index in [1.165, 1.54) is 0 Å². The highest BCUT2D eigenvalue weighted by atomic mass is 16.5. The average molecular weight is 183 g/mol. The Balaban J connectivity index is 2.93. The fourth-order valence-corrected chi connectivity index (χ4v) is 1.27. The second kappa shape index (κ2) is 3.94. The van der Waals surface area contributed by atoms with E-state index in [0.717, 1.165) is 11.3 Å². The Bertz CT molecular complexity index is 266. The topological polar surface area (TPSA) is 34.4 Å². The molecule has 1 aromatic rings. The Kier molecular flexibility index (Phi) is 3.12. The van der Waals surface area contributed by atoms with Gasteiger partial charge >= 0.3 is 0 Å². The minimum Gasteiger partial charge on any atom is -0.467 e. The van der Waals surface area contributed by atoms with Crippen LogP contribution in [-0.4, -0.2) is 14.2 Å². The van der Waals surface area contributed by atoms with E-state index in [0.29, 0.717) is 6.61 Å². The Hall–Kier alpha value is -0.800. The highest BCUT2D eigenvalue weighted by molar-refractivity contribution is 5.22. The Morgan fingerprint density at radius 1 is 1.54 bits per heavy atom. The first-order chi connectivity index (χ1) is 6.11. The molecule has 0 aliphatic heterocycles. The van der Waals surface area contributed by atoms with Crippen LogP contribution in [0.25, 0.3) is 0 Å². The van der Waals surface area contributed by atoms with Gasteiger partial charge in [0.15, 0.2) is 0 Å². The minimum atomic E-state index is -0.142. The maximum atomic E-state index is 5.43. The number of methoxy groups -OCH3 is 1. The zero-order chi connectivity index (χ0) is 9.90. The maximum Gasteiger partial charge on any atom is 0.128 e. The average Bonchev–Trinajstić information content (AvgIpc) is 2.54. The van der Waals surface area contributed by atoms with Crippen molar-refractivity contribution in [2.45, 2.75) is 26.0 Å². The van der Waals surface area contributed by atoms with Gasteiger partial charge in [-0.2, -0.15) is 0 Å². The van der Waals surface area contributed by atoms with Gasteiger partial charge in [-0.05, 0) is 27.0 Å².